The van der Waals surface area contributed by atoms with Crippen LogP contribution in [-0.2, 0) is 0 Å². The van der Waals surface area contributed by atoms with E-state index in [0.717, 1.165) is 11.8 Å². The molecule has 1 aromatic rings. The Morgan fingerprint density at radius 3 is 2.88 bits per heavy atom. The topological polar surface area (TPSA) is 38.0 Å². The maximum absolute atomic E-state index is 5.76. The molecule has 0 bridgehead atoms. The monoisotopic (exact) mass is 238 g/mol. The van der Waals surface area contributed by atoms with Crippen molar-refractivity contribution in [3.05, 3.63) is 21.9 Å². The van der Waals surface area contributed by atoms with Crippen LogP contribution in [0.25, 0.3) is 0 Å². The van der Waals surface area contributed by atoms with E-state index in [2.05, 4.69) is 30.7 Å². The fraction of sp³-hybridized carbons (Fsp3) is 0.692. The third-order valence-electron chi connectivity index (χ3n) is 3.99. The highest BCUT2D eigenvalue weighted by Gasteiger charge is 2.31. The Labute approximate surface area is 102 Å². The van der Waals surface area contributed by atoms with Crippen LogP contribution >= 0.6 is 11.3 Å². The molecule has 3 heteroatoms. The normalized spacial score (nSPS) is 27.2. The second-order valence-corrected chi connectivity index (χ2v) is 5.91. The molecule has 2 nitrogen and oxygen atoms in total. The largest absolute Gasteiger partial charge is 0.271 e. The van der Waals surface area contributed by atoms with Crippen LogP contribution in [0.3, 0.4) is 0 Å². The van der Waals surface area contributed by atoms with E-state index < -0.39 is 0 Å². The van der Waals surface area contributed by atoms with E-state index >= 15 is 0 Å². The number of aryl methyl sites for hydroxylation is 1. The Morgan fingerprint density at radius 1 is 1.56 bits per heavy atom. The second kappa shape index (κ2) is 5.30. The Morgan fingerprint density at radius 2 is 2.38 bits per heavy atom. The summed E-state index contributed by atoms with van der Waals surface area (Å²) in [4.78, 5) is 1.43. The maximum atomic E-state index is 5.76. The highest BCUT2D eigenvalue weighted by Crippen LogP contribution is 2.41. The molecular weight excluding hydrogens is 216 g/mol. The summed E-state index contributed by atoms with van der Waals surface area (Å²) in [6.07, 6.45) is 5.36. The summed E-state index contributed by atoms with van der Waals surface area (Å²) in [5.74, 6) is 7.40. The second-order valence-electron chi connectivity index (χ2n) is 4.96. The quantitative estimate of drug-likeness (QED) is 0.623. The van der Waals surface area contributed by atoms with Crippen LogP contribution in [0.1, 0.15) is 49.1 Å². The molecule has 90 valence electrons. The lowest BCUT2D eigenvalue weighted by atomic mass is 9.94. The van der Waals surface area contributed by atoms with Gasteiger partial charge in [-0.1, -0.05) is 19.8 Å². The molecule has 0 saturated heterocycles. The Bertz CT molecular complexity index is 334. The van der Waals surface area contributed by atoms with E-state index in [9.17, 15) is 0 Å². The smallest absolute Gasteiger partial charge is 0.0584 e. The van der Waals surface area contributed by atoms with Gasteiger partial charge in [0.05, 0.1) is 6.04 Å². The number of hydrogen-bond acceptors (Lipinski definition) is 3. The van der Waals surface area contributed by atoms with Crippen LogP contribution < -0.4 is 11.3 Å². The van der Waals surface area contributed by atoms with E-state index in [1.165, 1.54) is 36.1 Å². The third kappa shape index (κ3) is 2.31. The number of hydrogen-bond donors (Lipinski definition) is 2. The molecule has 0 spiro atoms. The van der Waals surface area contributed by atoms with Crippen molar-refractivity contribution < 1.29 is 0 Å². The molecule has 3 N–H and O–H groups in total. The molecule has 0 aliphatic heterocycles. The van der Waals surface area contributed by atoms with Gasteiger partial charge in [0.25, 0.3) is 0 Å². The first kappa shape index (κ1) is 12.1. The third-order valence-corrected chi connectivity index (χ3v) is 5.10. The highest BCUT2D eigenvalue weighted by atomic mass is 32.1. The van der Waals surface area contributed by atoms with Crippen molar-refractivity contribution in [1.29, 1.82) is 0 Å². The number of hydrazine groups is 1. The lowest BCUT2D eigenvalue weighted by Gasteiger charge is -2.22. The van der Waals surface area contributed by atoms with Crippen LogP contribution in [0.4, 0.5) is 0 Å². The van der Waals surface area contributed by atoms with Crippen molar-refractivity contribution in [3.8, 4) is 0 Å². The molecule has 0 aromatic carbocycles. The summed E-state index contributed by atoms with van der Waals surface area (Å²) < 4.78 is 0. The zero-order chi connectivity index (χ0) is 11.5. The van der Waals surface area contributed by atoms with E-state index in [1.807, 2.05) is 11.3 Å². The van der Waals surface area contributed by atoms with Crippen LogP contribution in [-0.4, -0.2) is 0 Å². The lowest BCUT2D eigenvalue weighted by Crippen LogP contribution is -2.32. The lowest BCUT2D eigenvalue weighted by molar-refractivity contribution is 0.362. The summed E-state index contributed by atoms with van der Waals surface area (Å²) in [6, 6.07) is 2.56. The molecule has 1 fully saturated rings. The SMILES string of the molecule is CCC1CCC(C(NN)c2sccc2C)C1. The van der Waals surface area contributed by atoms with Gasteiger partial charge < -0.3 is 0 Å². The van der Waals surface area contributed by atoms with Gasteiger partial charge in [-0.3, -0.25) is 11.3 Å². The van der Waals surface area contributed by atoms with Gasteiger partial charge in [0, 0.05) is 4.88 Å². The molecule has 16 heavy (non-hydrogen) atoms. The molecule has 2 rings (SSSR count). The van der Waals surface area contributed by atoms with Crippen molar-refractivity contribution in [3.63, 3.8) is 0 Å². The first-order chi connectivity index (χ1) is 7.76. The summed E-state index contributed by atoms with van der Waals surface area (Å²) in [5, 5.41) is 2.17. The van der Waals surface area contributed by atoms with Gasteiger partial charge >= 0.3 is 0 Å². The molecule has 1 aromatic heterocycles. The Hall–Kier alpha value is -0.380. The van der Waals surface area contributed by atoms with E-state index in [4.69, 9.17) is 5.84 Å². The van der Waals surface area contributed by atoms with Crippen molar-refractivity contribution in [1.82, 2.24) is 5.43 Å². The van der Waals surface area contributed by atoms with E-state index in [-0.39, 0.29) is 0 Å². The summed E-state index contributed by atoms with van der Waals surface area (Å²) in [6.45, 7) is 4.48. The van der Waals surface area contributed by atoms with Gasteiger partial charge in [0.2, 0.25) is 0 Å². The minimum Gasteiger partial charge on any atom is -0.271 e. The van der Waals surface area contributed by atoms with Crippen LogP contribution in [0.15, 0.2) is 11.4 Å². The summed E-state index contributed by atoms with van der Waals surface area (Å²) in [7, 11) is 0. The Kier molecular flexibility index (Phi) is 4.00. The number of nitrogens with two attached hydrogens (primary N) is 1. The molecule has 3 unspecified atom stereocenters. The molecule has 1 heterocycles. The predicted molar refractivity (Wildman–Crippen MR) is 70.2 cm³/mol. The zero-order valence-corrected chi connectivity index (χ0v) is 11.0. The average Bonchev–Trinajstić information content (AvgIpc) is 2.90. The van der Waals surface area contributed by atoms with Gasteiger partial charge in [0.15, 0.2) is 0 Å². The number of nitrogens with one attached hydrogen (secondary N) is 1. The van der Waals surface area contributed by atoms with Gasteiger partial charge in [-0.25, -0.2) is 0 Å². The zero-order valence-electron chi connectivity index (χ0n) is 10.2. The van der Waals surface area contributed by atoms with Gasteiger partial charge in [-0.15, -0.1) is 11.3 Å². The minimum atomic E-state index is 0.372. The standard InChI is InChI=1S/C13H22N2S/c1-3-10-4-5-11(8-10)12(15-14)13-9(2)6-7-16-13/h6-7,10-12,15H,3-5,8,14H2,1-2H3. The van der Waals surface area contributed by atoms with Gasteiger partial charge in [-0.05, 0) is 48.6 Å². The van der Waals surface area contributed by atoms with E-state index in [1.54, 1.807) is 0 Å². The predicted octanol–water partition coefficient (Wildman–Crippen LogP) is 3.39. The van der Waals surface area contributed by atoms with Gasteiger partial charge in [0.1, 0.15) is 0 Å². The molecule has 1 aliphatic carbocycles. The fourth-order valence-electron chi connectivity index (χ4n) is 2.92. The summed E-state index contributed by atoms with van der Waals surface area (Å²) in [5.41, 5.74) is 4.42. The average molecular weight is 238 g/mol. The van der Waals surface area contributed by atoms with Crippen molar-refractivity contribution in [2.45, 2.75) is 45.6 Å². The molecule has 1 saturated carbocycles. The molecule has 1 aliphatic rings. The Balaban J connectivity index is 2.09. The molecule has 0 amide bonds. The molecular formula is C13H22N2S. The molecule has 3 atom stereocenters. The van der Waals surface area contributed by atoms with Crippen LogP contribution in [0.2, 0.25) is 0 Å². The first-order valence-electron chi connectivity index (χ1n) is 6.26. The highest BCUT2D eigenvalue weighted by molar-refractivity contribution is 7.10. The van der Waals surface area contributed by atoms with Crippen molar-refractivity contribution in [2.24, 2.45) is 17.7 Å². The number of rotatable bonds is 4. The van der Waals surface area contributed by atoms with Crippen LogP contribution in [0, 0.1) is 18.8 Å². The maximum Gasteiger partial charge on any atom is 0.0584 e. The van der Waals surface area contributed by atoms with Crippen molar-refractivity contribution in [2.75, 3.05) is 0 Å². The van der Waals surface area contributed by atoms with Crippen molar-refractivity contribution >= 4 is 11.3 Å². The fourth-order valence-corrected chi connectivity index (χ4v) is 4.00. The minimum absolute atomic E-state index is 0.372. The van der Waals surface area contributed by atoms with Crippen LogP contribution in [0.5, 0.6) is 0 Å². The molecule has 0 radical (unpaired) electrons. The van der Waals surface area contributed by atoms with Gasteiger partial charge in [-0.2, -0.15) is 0 Å². The van der Waals surface area contributed by atoms with E-state index in [0.29, 0.717) is 6.04 Å². The number of thiophene rings is 1. The first-order valence-corrected chi connectivity index (χ1v) is 7.14. The summed E-state index contributed by atoms with van der Waals surface area (Å²) >= 11 is 1.84.